The number of aromatic nitrogens is 2. The fraction of sp³-hybridized carbons (Fsp3) is 0.727. The van der Waals surface area contributed by atoms with Gasteiger partial charge in [-0.1, -0.05) is 13.8 Å². The molecule has 1 unspecified atom stereocenters. The van der Waals surface area contributed by atoms with Crippen LogP contribution in [0, 0.1) is 0 Å². The molecule has 0 saturated heterocycles. The van der Waals surface area contributed by atoms with E-state index in [0.717, 1.165) is 30.4 Å². The summed E-state index contributed by atoms with van der Waals surface area (Å²) < 4.78 is 3.18. The zero-order chi connectivity index (χ0) is 11.3. The van der Waals surface area contributed by atoms with Crippen LogP contribution in [0.25, 0.3) is 0 Å². The van der Waals surface area contributed by atoms with Crippen molar-refractivity contribution in [2.24, 2.45) is 0 Å². The molecule has 0 aliphatic rings. The van der Waals surface area contributed by atoms with Gasteiger partial charge in [-0.3, -0.25) is 4.68 Å². The van der Waals surface area contributed by atoms with E-state index in [1.54, 1.807) is 0 Å². The highest BCUT2D eigenvalue weighted by molar-refractivity contribution is 9.10. The zero-order valence-electron chi connectivity index (χ0n) is 9.76. The lowest BCUT2D eigenvalue weighted by Gasteiger charge is -2.16. The predicted octanol–water partition coefficient (Wildman–Crippen LogP) is 3.12. The van der Waals surface area contributed by atoms with Crippen LogP contribution in [0.5, 0.6) is 0 Å². The minimum Gasteiger partial charge on any atom is -0.309 e. The van der Waals surface area contributed by atoms with Crippen molar-refractivity contribution in [3.05, 3.63) is 16.4 Å². The smallest absolute Gasteiger partial charge is 0.0692 e. The lowest BCUT2D eigenvalue weighted by molar-refractivity contribution is 0.493. The maximum Gasteiger partial charge on any atom is 0.0692 e. The third-order valence-corrected chi connectivity index (χ3v) is 2.99. The van der Waals surface area contributed by atoms with Gasteiger partial charge in [-0.15, -0.1) is 0 Å². The monoisotopic (exact) mass is 273 g/mol. The van der Waals surface area contributed by atoms with Crippen LogP contribution in [-0.2, 0) is 6.54 Å². The van der Waals surface area contributed by atoms with Crippen LogP contribution in [0.4, 0.5) is 0 Å². The molecule has 0 amide bonds. The summed E-state index contributed by atoms with van der Waals surface area (Å²) in [6.07, 6.45) is 4.15. The van der Waals surface area contributed by atoms with Gasteiger partial charge in [0.05, 0.1) is 16.4 Å². The van der Waals surface area contributed by atoms with Crippen LogP contribution >= 0.6 is 15.9 Å². The molecule has 1 atom stereocenters. The molecule has 1 aromatic rings. The van der Waals surface area contributed by atoms with Gasteiger partial charge in [0.2, 0.25) is 0 Å². The summed E-state index contributed by atoms with van der Waals surface area (Å²) in [6, 6.07) is 0.355. The molecule has 86 valence electrons. The summed E-state index contributed by atoms with van der Waals surface area (Å²) in [4.78, 5) is 0. The van der Waals surface area contributed by atoms with Gasteiger partial charge in [-0.25, -0.2) is 0 Å². The molecule has 0 saturated carbocycles. The molecule has 15 heavy (non-hydrogen) atoms. The van der Waals surface area contributed by atoms with Crippen LogP contribution in [0.15, 0.2) is 10.7 Å². The Kier molecular flexibility index (Phi) is 5.32. The van der Waals surface area contributed by atoms with Gasteiger partial charge in [-0.2, -0.15) is 5.10 Å². The van der Waals surface area contributed by atoms with Gasteiger partial charge in [0.1, 0.15) is 0 Å². The van der Waals surface area contributed by atoms with Crippen molar-refractivity contribution >= 4 is 15.9 Å². The number of halogens is 1. The zero-order valence-corrected chi connectivity index (χ0v) is 11.3. The molecule has 0 spiro atoms. The van der Waals surface area contributed by atoms with Crippen molar-refractivity contribution in [3.8, 4) is 0 Å². The van der Waals surface area contributed by atoms with Crippen LogP contribution in [-0.4, -0.2) is 16.3 Å². The van der Waals surface area contributed by atoms with Crippen LogP contribution in [0.3, 0.4) is 0 Å². The third kappa shape index (κ3) is 3.31. The Morgan fingerprint density at radius 2 is 2.20 bits per heavy atom. The maximum absolute atomic E-state index is 4.36. The quantitative estimate of drug-likeness (QED) is 0.863. The Hall–Kier alpha value is -0.350. The lowest BCUT2D eigenvalue weighted by atomic mass is 10.2. The summed E-state index contributed by atoms with van der Waals surface area (Å²) in [7, 11) is 0. The first-order valence-corrected chi connectivity index (χ1v) is 6.44. The molecule has 0 bridgehead atoms. The highest BCUT2D eigenvalue weighted by atomic mass is 79.9. The van der Waals surface area contributed by atoms with Crippen LogP contribution < -0.4 is 5.32 Å². The Morgan fingerprint density at radius 3 is 2.80 bits per heavy atom. The summed E-state index contributed by atoms with van der Waals surface area (Å²) >= 11 is 3.56. The first kappa shape index (κ1) is 12.7. The molecule has 0 fully saturated rings. The highest BCUT2D eigenvalue weighted by Gasteiger charge is 2.14. The van der Waals surface area contributed by atoms with Crippen molar-refractivity contribution in [2.45, 2.75) is 46.2 Å². The molecule has 1 rings (SSSR count). The van der Waals surface area contributed by atoms with E-state index in [2.05, 4.69) is 51.8 Å². The molecule has 0 radical (unpaired) electrons. The molecule has 0 aliphatic carbocycles. The number of rotatable bonds is 6. The predicted molar refractivity (Wildman–Crippen MR) is 66.9 cm³/mol. The van der Waals surface area contributed by atoms with E-state index in [-0.39, 0.29) is 0 Å². The van der Waals surface area contributed by atoms with Gasteiger partial charge in [0.25, 0.3) is 0 Å². The average molecular weight is 274 g/mol. The van der Waals surface area contributed by atoms with Crippen LogP contribution in [0.1, 0.15) is 45.3 Å². The maximum atomic E-state index is 4.36. The summed E-state index contributed by atoms with van der Waals surface area (Å²) in [6.45, 7) is 8.56. The van der Waals surface area contributed by atoms with E-state index in [1.807, 2.05) is 6.20 Å². The van der Waals surface area contributed by atoms with E-state index >= 15 is 0 Å². The number of nitrogens with one attached hydrogen (secondary N) is 1. The lowest BCUT2D eigenvalue weighted by Crippen LogP contribution is -2.22. The largest absolute Gasteiger partial charge is 0.309 e. The van der Waals surface area contributed by atoms with Crippen LogP contribution in [0.2, 0.25) is 0 Å². The second-order valence-electron chi connectivity index (χ2n) is 3.78. The fourth-order valence-corrected chi connectivity index (χ4v) is 2.29. The molecular weight excluding hydrogens is 254 g/mol. The van der Waals surface area contributed by atoms with E-state index in [4.69, 9.17) is 0 Å². The molecular formula is C11H20BrN3. The van der Waals surface area contributed by atoms with Crippen molar-refractivity contribution in [1.82, 2.24) is 15.1 Å². The van der Waals surface area contributed by atoms with E-state index < -0.39 is 0 Å². The summed E-state index contributed by atoms with van der Waals surface area (Å²) in [5.41, 5.74) is 1.25. The van der Waals surface area contributed by atoms with Crippen molar-refractivity contribution < 1.29 is 0 Å². The molecule has 0 aromatic carbocycles. The molecule has 1 N–H and O–H groups in total. The summed E-state index contributed by atoms with van der Waals surface area (Å²) in [5, 5.41) is 7.85. The first-order chi connectivity index (χ1) is 7.20. The molecule has 1 aromatic heterocycles. The van der Waals surface area contributed by atoms with E-state index in [9.17, 15) is 0 Å². The topological polar surface area (TPSA) is 29.9 Å². The molecule has 0 aliphatic heterocycles. The number of aryl methyl sites for hydroxylation is 1. The highest BCUT2D eigenvalue weighted by Crippen LogP contribution is 2.23. The Balaban J connectivity index is 2.75. The van der Waals surface area contributed by atoms with E-state index in [0.29, 0.717) is 6.04 Å². The number of nitrogens with zero attached hydrogens (tertiary/aromatic N) is 2. The Bertz CT molecular complexity index is 296. The Labute approximate surface area is 100 Å². The van der Waals surface area contributed by atoms with Crippen molar-refractivity contribution in [3.63, 3.8) is 0 Å². The van der Waals surface area contributed by atoms with Gasteiger partial charge in [-0.05, 0) is 42.2 Å². The average Bonchev–Trinajstić information content (AvgIpc) is 2.57. The molecule has 1 heterocycles. The minimum atomic E-state index is 0.355. The minimum absolute atomic E-state index is 0.355. The van der Waals surface area contributed by atoms with Gasteiger partial charge < -0.3 is 5.32 Å². The molecule has 3 nitrogen and oxygen atoms in total. The van der Waals surface area contributed by atoms with Gasteiger partial charge >= 0.3 is 0 Å². The second kappa shape index (κ2) is 6.28. The third-order valence-electron chi connectivity index (χ3n) is 2.38. The van der Waals surface area contributed by atoms with E-state index in [1.165, 1.54) is 5.69 Å². The van der Waals surface area contributed by atoms with Crippen molar-refractivity contribution in [1.29, 1.82) is 0 Å². The normalized spacial score (nSPS) is 13.1. The number of hydrogen-bond donors (Lipinski definition) is 1. The molecule has 4 heteroatoms. The Morgan fingerprint density at radius 1 is 1.47 bits per heavy atom. The number of hydrogen-bond acceptors (Lipinski definition) is 2. The van der Waals surface area contributed by atoms with Crippen molar-refractivity contribution in [2.75, 3.05) is 6.54 Å². The van der Waals surface area contributed by atoms with Gasteiger partial charge in [0, 0.05) is 12.6 Å². The fourth-order valence-electron chi connectivity index (χ4n) is 1.65. The standard InChI is InChI=1S/C11H20BrN3/c1-4-6-13-9(3)11-10(12)8-14-15(11)7-5-2/h8-9,13H,4-7H2,1-3H3. The second-order valence-corrected chi connectivity index (χ2v) is 4.63. The SMILES string of the molecule is CCCNC(C)c1c(Br)cnn1CCC. The summed E-state index contributed by atoms with van der Waals surface area (Å²) in [5.74, 6) is 0. The van der Waals surface area contributed by atoms with Gasteiger partial charge in [0.15, 0.2) is 0 Å². The first-order valence-electron chi connectivity index (χ1n) is 5.65.